The number of esters is 1. The number of ether oxygens (including phenoxy) is 1. The van der Waals surface area contributed by atoms with Crippen molar-refractivity contribution >= 4 is 17.6 Å². The van der Waals surface area contributed by atoms with E-state index < -0.39 is 23.4 Å². The van der Waals surface area contributed by atoms with Crippen molar-refractivity contribution in [1.82, 2.24) is 23.9 Å². The van der Waals surface area contributed by atoms with Crippen molar-refractivity contribution in [3.05, 3.63) is 74.3 Å². The third-order valence-electron chi connectivity index (χ3n) is 3.97. The van der Waals surface area contributed by atoms with E-state index in [1.54, 1.807) is 36.5 Å². The molecule has 10 heteroatoms. The normalized spacial score (nSPS) is 12.0. The van der Waals surface area contributed by atoms with Gasteiger partial charge in [0.2, 0.25) is 5.95 Å². The van der Waals surface area contributed by atoms with Gasteiger partial charge in [-0.3, -0.25) is 4.57 Å². The molecule has 2 aromatic heterocycles. The first-order valence-corrected chi connectivity index (χ1v) is 8.36. The van der Waals surface area contributed by atoms with Crippen molar-refractivity contribution in [2.45, 2.75) is 19.5 Å². The van der Waals surface area contributed by atoms with Crippen LogP contribution in [0.4, 0.5) is 0 Å². The Bertz CT molecular complexity index is 1070. The molecule has 0 unspecified atom stereocenters. The molecule has 0 bridgehead atoms. The molecule has 0 aliphatic heterocycles. The predicted octanol–water partition coefficient (Wildman–Crippen LogP) is 1.03. The van der Waals surface area contributed by atoms with Crippen molar-refractivity contribution in [2.75, 3.05) is 7.11 Å². The minimum atomic E-state index is -1.12. The number of halogens is 1. The number of nitrogens with zero attached hydrogens (tertiary/aromatic N) is 5. The fourth-order valence-electron chi connectivity index (χ4n) is 2.58. The van der Waals surface area contributed by atoms with Crippen LogP contribution in [0.2, 0.25) is 5.02 Å². The number of aromatic nitrogens is 5. The summed E-state index contributed by atoms with van der Waals surface area (Å²) >= 11 is 5.90. The second-order valence-corrected chi connectivity index (χ2v) is 6.15. The molecule has 0 aliphatic carbocycles. The standard InChI is InChI=1S/C17H16ClN5O4/c1-11(14(24)27-2)23-16(25)20-15(22-9-3-8-19-22)21(17(23)26)10-12-4-6-13(18)7-5-12/h3-9,11H,10H2,1-2H3/t11-/m1/s1. The summed E-state index contributed by atoms with van der Waals surface area (Å²) in [7, 11) is 1.18. The highest BCUT2D eigenvalue weighted by atomic mass is 35.5. The molecule has 1 aromatic carbocycles. The molecule has 140 valence electrons. The third kappa shape index (κ3) is 3.68. The number of hydrogen-bond donors (Lipinski definition) is 0. The Morgan fingerprint density at radius 2 is 1.96 bits per heavy atom. The maximum absolute atomic E-state index is 13.0. The second kappa shape index (κ2) is 7.58. The van der Waals surface area contributed by atoms with Gasteiger partial charge in [0.15, 0.2) is 0 Å². The molecule has 9 nitrogen and oxygen atoms in total. The van der Waals surface area contributed by atoms with Gasteiger partial charge in [0.1, 0.15) is 6.04 Å². The quantitative estimate of drug-likeness (QED) is 0.604. The average molecular weight is 390 g/mol. The van der Waals surface area contributed by atoms with Crippen molar-refractivity contribution in [1.29, 1.82) is 0 Å². The zero-order chi connectivity index (χ0) is 19.6. The highest BCUT2D eigenvalue weighted by Gasteiger charge is 2.23. The van der Waals surface area contributed by atoms with Gasteiger partial charge in [-0.15, -0.1) is 0 Å². The molecule has 3 aromatic rings. The molecule has 2 heterocycles. The summed E-state index contributed by atoms with van der Waals surface area (Å²) < 4.78 is 7.97. The van der Waals surface area contributed by atoms with Crippen LogP contribution in [0.1, 0.15) is 18.5 Å². The van der Waals surface area contributed by atoms with Crippen LogP contribution in [0.3, 0.4) is 0 Å². The maximum Gasteiger partial charge on any atom is 0.355 e. The fraction of sp³-hybridized carbons (Fsp3) is 0.235. The van der Waals surface area contributed by atoms with Gasteiger partial charge in [0.25, 0.3) is 0 Å². The van der Waals surface area contributed by atoms with Gasteiger partial charge in [-0.1, -0.05) is 23.7 Å². The summed E-state index contributed by atoms with van der Waals surface area (Å²) in [6, 6.07) is 7.40. The Hall–Kier alpha value is -3.20. The van der Waals surface area contributed by atoms with Crippen molar-refractivity contribution < 1.29 is 9.53 Å². The largest absolute Gasteiger partial charge is 0.467 e. The molecule has 27 heavy (non-hydrogen) atoms. The summed E-state index contributed by atoms with van der Waals surface area (Å²) in [5, 5.41) is 4.60. The van der Waals surface area contributed by atoms with Gasteiger partial charge >= 0.3 is 17.3 Å². The van der Waals surface area contributed by atoms with E-state index in [2.05, 4.69) is 14.8 Å². The van der Waals surface area contributed by atoms with Gasteiger partial charge in [0, 0.05) is 17.4 Å². The van der Waals surface area contributed by atoms with E-state index in [4.69, 9.17) is 11.6 Å². The van der Waals surface area contributed by atoms with Gasteiger partial charge in [-0.2, -0.15) is 10.1 Å². The molecule has 0 N–H and O–H groups in total. The van der Waals surface area contributed by atoms with Crippen LogP contribution in [0.25, 0.3) is 5.95 Å². The highest BCUT2D eigenvalue weighted by molar-refractivity contribution is 6.30. The van der Waals surface area contributed by atoms with E-state index in [9.17, 15) is 14.4 Å². The molecule has 0 amide bonds. The summed E-state index contributed by atoms with van der Waals surface area (Å²) in [4.78, 5) is 41.3. The predicted molar refractivity (Wildman–Crippen MR) is 97.2 cm³/mol. The first-order chi connectivity index (χ1) is 12.9. The lowest BCUT2D eigenvalue weighted by Crippen LogP contribution is -2.46. The monoisotopic (exact) mass is 389 g/mol. The lowest BCUT2D eigenvalue weighted by atomic mass is 10.2. The topological polar surface area (TPSA) is 101 Å². The molecule has 0 saturated carbocycles. The highest BCUT2D eigenvalue weighted by Crippen LogP contribution is 2.11. The second-order valence-electron chi connectivity index (χ2n) is 5.71. The van der Waals surface area contributed by atoms with E-state index in [1.165, 1.54) is 29.5 Å². The van der Waals surface area contributed by atoms with Crippen LogP contribution in [-0.4, -0.2) is 37.0 Å². The lowest BCUT2D eigenvalue weighted by Gasteiger charge is -2.17. The molecular weight excluding hydrogens is 374 g/mol. The summed E-state index contributed by atoms with van der Waals surface area (Å²) in [6.07, 6.45) is 3.06. The summed E-state index contributed by atoms with van der Waals surface area (Å²) in [5.41, 5.74) is -0.809. The van der Waals surface area contributed by atoms with Gasteiger partial charge in [-0.05, 0) is 30.7 Å². The molecule has 1 atom stereocenters. The number of carbonyl (C=O) groups is 1. The third-order valence-corrected chi connectivity index (χ3v) is 4.22. The van der Waals surface area contributed by atoms with Crippen LogP contribution in [0, 0.1) is 0 Å². The Balaban J connectivity index is 2.20. The molecule has 0 fully saturated rings. The average Bonchev–Trinajstić information content (AvgIpc) is 3.19. The van der Waals surface area contributed by atoms with Crippen LogP contribution >= 0.6 is 11.6 Å². The van der Waals surface area contributed by atoms with E-state index >= 15 is 0 Å². The number of methoxy groups -OCH3 is 1. The zero-order valence-corrected chi connectivity index (χ0v) is 15.3. The molecule has 0 saturated heterocycles. The zero-order valence-electron chi connectivity index (χ0n) is 14.6. The van der Waals surface area contributed by atoms with E-state index in [0.717, 1.165) is 10.1 Å². The van der Waals surface area contributed by atoms with Gasteiger partial charge < -0.3 is 4.74 Å². The van der Waals surface area contributed by atoms with Crippen molar-refractivity contribution in [3.63, 3.8) is 0 Å². The first-order valence-electron chi connectivity index (χ1n) is 7.98. The Morgan fingerprint density at radius 1 is 1.26 bits per heavy atom. The number of hydrogen-bond acceptors (Lipinski definition) is 6. The SMILES string of the molecule is COC(=O)[C@@H](C)n1c(=O)nc(-n2cccn2)n(Cc2ccc(Cl)cc2)c1=O. The first kappa shape index (κ1) is 18.6. The Morgan fingerprint density at radius 3 is 2.56 bits per heavy atom. The molecular formula is C17H16ClN5O4. The fourth-order valence-corrected chi connectivity index (χ4v) is 2.70. The smallest absolute Gasteiger partial charge is 0.355 e. The molecule has 0 spiro atoms. The van der Waals surface area contributed by atoms with Crippen LogP contribution in [-0.2, 0) is 16.1 Å². The van der Waals surface area contributed by atoms with Gasteiger partial charge in [-0.25, -0.2) is 23.6 Å². The van der Waals surface area contributed by atoms with Crippen LogP contribution in [0.15, 0.2) is 52.3 Å². The lowest BCUT2D eigenvalue weighted by molar-refractivity contribution is -0.144. The maximum atomic E-state index is 13.0. The minimum absolute atomic E-state index is 0.0401. The molecule has 3 rings (SSSR count). The summed E-state index contributed by atoms with van der Waals surface area (Å²) in [5.74, 6) is -0.681. The van der Waals surface area contributed by atoms with Crippen molar-refractivity contribution in [2.24, 2.45) is 0 Å². The Kier molecular flexibility index (Phi) is 5.22. The van der Waals surface area contributed by atoms with Crippen molar-refractivity contribution in [3.8, 4) is 5.95 Å². The van der Waals surface area contributed by atoms with Crippen LogP contribution in [0.5, 0.6) is 0 Å². The van der Waals surface area contributed by atoms with E-state index in [0.29, 0.717) is 5.02 Å². The summed E-state index contributed by atoms with van der Waals surface area (Å²) in [6.45, 7) is 1.50. The van der Waals surface area contributed by atoms with E-state index in [1.807, 2.05) is 0 Å². The molecule has 0 radical (unpaired) electrons. The van der Waals surface area contributed by atoms with Crippen LogP contribution < -0.4 is 11.4 Å². The number of carbonyl (C=O) groups excluding carboxylic acids is 1. The number of rotatable bonds is 5. The van der Waals surface area contributed by atoms with E-state index in [-0.39, 0.29) is 12.5 Å². The Labute approximate surface area is 158 Å². The van der Waals surface area contributed by atoms with Gasteiger partial charge in [0.05, 0.1) is 13.7 Å². The molecule has 0 aliphatic rings. The number of benzene rings is 1. The minimum Gasteiger partial charge on any atom is -0.467 e.